The van der Waals surface area contributed by atoms with Crippen LogP contribution in [0.5, 0.6) is 0 Å². The molecule has 0 amide bonds. The maximum absolute atomic E-state index is 5.90. The Balaban J connectivity index is 0.000000188. The first kappa shape index (κ1) is 24.4. The second kappa shape index (κ2) is 7.98. The molecule has 4 fully saturated rings. The first-order valence-corrected chi connectivity index (χ1v) is 36.5. The summed E-state index contributed by atoms with van der Waals surface area (Å²) in [7, 11) is -2.46. The van der Waals surface area contributed by atoms with E-state index < -0.39 is 31.2 Å². The fourth-order valence-electron chi connectivity index (χ4n) is 1.83. The van der Waals surface area contributed by atoms with Crippen LogP contribution in [0.4, 0.5) is 0 Å². The Morgan fingerprint density at radius 1 is 0.522 bits per heavy atom. The van der Waals surface area contributed by atoms with E-state index in [2.05, 4.69) is 39.3 Å². The molecule has 4 rings (SSSR count). The number of rotatable bonds is 2. The zero-order chi connectivity index (χ0) is 17.9. The first-order chi connectivity index (χ1) is 9.95. The van der Waals surface area contributed by atoms with Crippen molar-refractivity contribution in [3.8, 4) is 0 Å². The maximum atomic E-state index is 5.90. The second-order valence-electron chi connectivity index (χ2n) is 6.61. The minimum Gasteiger partial charge on any atom is -0.456 e. The Labute approximate surface area is 185 Å². The molecule has 4 aliphatic rings. The van der Waals surface area contributed by atoms with Gasteiger partial charge in [0.05, 0.1) is 0 Å². The molecule has 23 heavy (non-hydrogen) atoms. The van der Waals surface area contributed by atoms with Crippen LogP contribution >= 0.6 is 80.6 Å². The summed E-state index contributed by atoms with van der Waals surface area (Å²) < 4.78 is 0.264. The minimum absolute atomic E-state index is 1.23. The molecule has 4 saturated heterocycles. The van der Waals surface area contributed by atoms with Crippen LogP contribution in [0.25, 0.3) is 0 Å². The molecule has 0 N–H and O–H groups in total. The van der Waals surface area contributed by atoms with Gasteiger partial charge in [-0.15, -0.1) is 0 Å². The highest BCUT2D eigenvalue weighted by atomic mass is 34.1. The Kier molecular flexibility index (Phi) is 8.45. The Morgan fingerprint density at radius 2 is 0.696 bits per heavy atom. The van der Waals surface area contributed by atoms with Crippen LogP contribution in [0.15, 0.2) is 0 Å². The van der Waals surface area contributed by atoms with E-state index in [1.807, 2.05) is 66.0 Å². The lowest BCUT2D eigenvalue weighted by molar-refractivity contribution is 0.559. The van der Waals surface area contributed by atoms with E-state index >= 15 is 0 Å². The molecular formula is C6H18OP4S10Si2. The second-order valence-corrected chi connectivity index (χ2v) is 75.1. The van der Waals surface area contributed by atoms with Crippen LogP contribution in [-0.2, 0) is 51.3 Å². The third-order valence-electron chi connectivity index (χ3n) is 1.81. The third-order valence-corrected chi connectivity index (χ3v) is 103. The molecule has 0 unspecified atom stereocenters. The van der Waals surface area contributed by atoms with Gasteiger partial charge < -0.3 is 4.12 Å². The van der Waals surface area contributed by atoms with Gasteiger partial charge in [0.1, 0.15) is 14.6 Å². The lowest BCUT2D eigenvalue weighted by Crippen LogP contribution is -2.39. The fraction of sp³-hybridized carbons (Fsp3) is 1.00. The topological polar surface area (TPSA) is 9.23 Å². The predicted molar refractivity (Wildman–Crippen MR) is 150 cm³/mol. The highest BCUT2D eigenvalue weighted by Crippen LogP contribution is 3.30. The summed E-state index contributed by atoms with van der Waals surface area (Å²) in [6, 6.07) is 0. The molecule has 0 aliphatic carbocycles. The standard InChI is InChI=1S/C6H18OSi2.P4S10/c1-8(2,3)7-9(4,5)6;5-1-9-2(6)12-3(7,10-1)14-4(8,11-1)13-2/h1-6H3;. The van der Waals surface area contributed by atoms with E-state index in [1.54, 1.807) is 0 Å². The van der Waals surface area contributed by atoms with Crippen molar-refractivity contribution < 1.29 is 4.12 Å². The molecule has 0 radical (unpaired) electrons. The van der Waals surface area contributed by atoms with Crippen molar-refractivity contribution in [1.29, 1.82) is 0 Å². The van der Waals surface area contributed by atoms with Crippen molar-refractivity contribution in [2.45, 2.75) is 39.3 Å². The van der Waals surface area contributed by atoms with Crippen LogP contribution < -0.4 is 0 Å². The lowest BCUT2D eigenvalue weighted by Gasteiger charge is -2.51. The van der Waals surface area contributed by atoms with Gasteiger partial charge in [-0.3, -0.25) is 0 Å². The van der Waals surface area contributed by atoms with Crippen molar-refractivity contribution in [2.75, 3.05) is 0 Å². The average molecular weight is 607 g/mol. The van der Waals surface area contributed by atoms with Crippen LogP contribution in [-0.4, -0.2) is 16.6 Å². The molecule has 17 heteroatoms. The zero-order valence-electron chi connectivity index (χ0n) is 13.3. The van der Waals surface area contributed by atoms with Crippen molar-refractivity contribution in [2.24, 2.45) is 0 Å². The Hall–Kier alpha value is 5.09. The van der Waals surface area contributed by atoms with Gasteiger partial charge in [-0.1, -0.05) is 47.2 Å². The van der Waals surface area contributed by atoms with Gasteiger partial charge in [-0.25, -0.2) is 0 Å². The van der Waals surface area contributed by atoms with Gasteiger partial charge in [0, 0.05) is 0 Å². The first-order valence-electron chi connectivity index (χ1n) is 6.33. The minimum atomic E-state index is -1.41. The Morgan fingerprint density at radius 3 is 0.783 bits per heavy atom. The smallest absolute Gasteiger partial charge is 0.170 e. The van der Waals surface area contributed by atoms with Crippen LogP contribution in [0.2, 0.25) is 39.3 Å². The molecule has 0 aromatic heterocycles. The average Bonchev–Trinajstić information content (AvgIpc) is 1.98. The van der Waals surface area contributed by atoms with E-state index in [1.165, 1.54) is 0 Å². The lowest BCUT2D eigenvalue weighted by atomic mass is 11.8. The summed E-state index contributed by atoms with van der Waals surface area (Å²) in [5.41, 5.74) is 0. The van der Waals surface area contributed by atoms with Gasteiger partial charge >= 0.3 is 0 Å². The summed E-state index contributed by atoms with van der Waals surface area (Å²) >= 11 is 34.5. The SMILES string of the molecule is C[Si](C)(C)O[Si](C)(C)C.S=P12SP3(=S)SP(=S)(S1)SP(=S)(S2)S3. The van der Waals surface area contributed by atoms with Crippen LogP contribution in [0, 0.1) is 0 Å². The highest BCUT2D eigenvalue weighted by molar-refractivity contribution is 9.83. The molecule has 0 atom stereocenters. The van der Waals surface area contributed by atoms with Gasteiger partial charge in [0.25, 0.3) is 0 Å². The molecule has 136 valence electrons. The fourth-order valence-corrected chi connectivity index (χ4v) is 230. The summed E-state index contributed by atoms with van der Waals surface area (Å²) in [5, 5.41) is 0. The molecule has 4 bridgehead atoms. The van der Waals surface area contributed by atoms with Crippen molar-refractivity contribution >= 4 is 144 Å². The molecule has 0 saturated carbocycles. The number of hydrogen-bond donors (Lipinski definition) is 0. The van der Waals surface area contributed by atoms with E-state index in [9.17, 15) is 0 Å². The molecule has 0 aromatic carbocycles. The van der Waals surface area contributed by atoms with Crippen molar-refractivity contribution in [3.05, 3.63) is 0 Å². The maximum Gasteiger partial charge on any atom is 0.170 e. The van der Waals surface area contributed by atoms with Crippen LogP contribution in [0.1, 0.15) is 0 Å². The van der Waals surface area contributed by atoms with Crippen molar-refractivity contribution in [1.82, 2.24) is 0 Å². The summed E-state index contributed by atoms with van der Waals surface area (Å²) in [6.07, 6.45) is 0. The molecule has 0 spiro atoms. The third kappa shape index (κ3) is 7.69. The normalized spacial score (nSPS) is 45.5. The van der Waals surface area contributed by atoms with E-state index in [-0.39, 0.29) is 0 Å². The molecular weight excluding hydrogens is 589 g/mol. The molecule has 1 nitrogen and oxygen atoms in total. The van der Waals surface area contributed by atoms with E-state index in [0.29, 0.717) is 0 Å². The van der Waals surface area contributed by atoms with Crippen LogP contribution in [0.3, 0.4) is 0 Å². The van der Waals surface area contributed by atoms with Crippen molar-refractivity contribution in [3.63, 3.8) is 0 Å². The molecule has 4 aliphatic heterocycles. The summed E-state index contributed by atoms with van der Waals surface area (Å²) in [4.78, 5) is 0. The van der Waals surface area contributed by atoms with E-state index in [4.69, 9.17) is 51.3 Å². The molecule has 0 aromatic rings. The van der Waals surface area contributed by atoms with E-state index in [0.717, 1.165) is 0 Å². The quantitative estimate of drug-likeness (QED) is 0.220. The largest absolute Gasteiger partial charge is 0.456 e. The van der Waals surface area contributed by atoms with Gasteiger partial charge in [0.2, 0.25) is 0 Å². The monoisotopic (exact) mass is 606 g/mol. The zero-order valence-corrected chi connectivity index (χ0v) is 27.0. The van der Waals surface area contributed by atoms with Gasteiger partial charge in [-0.05, 0) is 105 Å². The van der Waals surface area contributed by atoms with Gasteiger partial charge in [0.15, 0.2) is 16.6 Å². The summed E-state index contributed by atoms with van der Waals surface area (Å²) in [5.74, 6) is 0. The van der Waals surface area contributed by atoms with Gasteiger partial charge in [-0.2, -0.15) is 0 Å². The Bertz CT molecular complexity index is 532. The highest BCUT2D eigenvalue weighted by Gasteiger charge is 2.60. The molecule has 4 heterocycles. The summed E-state index contributed by atoms with van der Waals surface area (Å²) in [6.45, 7) is 13.4. The predicted octanol–water partition coefficient (Wildman–Crippen LogP) is 10.00. The number of hydrogen-bond acceptors (Lipinski definition) is 11.